The van der Waals surface area contributed by atoms with E-state index in [2.05, 4.69) is 0 Å². The Morgan fingerprint density at radius 3 is 2.79 bits per heavy atom. The van der Waals surface area contributed by atoms with Gasteiger partial charge in [0.2, 0.25) is 0 Å². The first-order chi connectivity index (χ1) is 6.70. The van der Waals surface area contributed by atoms with Crippen LogP contribution in [-0.2, 0) is 14.2 Å². The third-order valence-corrected chi connectivity index (χ3v) is 2.49. The number of ether oxygens (including phenoxy) is 3. The maximum absolute atomic E-state index is 13.7. The van der Waals surface area contributed by atoms with Crippen molar-refractivity contribution in [2.75, 3.05) is 26.9 Å². The zero-order chi connectivity index (χ0) is 10.6. The monoisotopic (exact) mass is 206 g/mol. The number of halogens is 1. The van der Waals surface area contributed by atoms with E-state index in [1.165, 1.54) is 0 Å². The summed E-state index contributed by atoms with van der Waals surface area (Å²) in [5.41, 5.74) is 0. The fourth-order valence-electron chi connectivity index (χ4n) is 1.69. The molecule has 1 heterocycles. The van der Waals surface area contributed by atoms with Crippen molar-refractivity contribution in [3.63, 3.8) is 0 Å². The Morgan fingerprint density at radius 1 is 1.50 bits per heavy atom. The molecule has 0 spiro atoms. The van der Waals surface area contributed by atoms with E-state index in [1.807, 2.05) is 13.8 Å². The molecule has 1 rings (SSSR count). The third-order valence-electron chi connectivity index (χ3n) is 2.49. The van der Waals surface area contributed by atoms with Crippen molar-refractivity contribution < 1.29 is 18.6 Å². The van der Waals surface area contributed by atoms with Crippen molar-refractivity contribution in [1.29, 1.82) is 0 Å². The number of hydrogen-bond donors (Lipinski definition) is 0. The zero-order valence-electron chi connectivity index (χ0n) is 9.03. The Hall–Kier alpha value is -0.190. The van der Waals surface area contributed by atoms with Crippen molar-refractivity contribution >= 4 is 0 Å². The van der Waals surface area contributed by atoms with E-state index in [9.17, 15) is 4.39 Å². The number of alkyl halides is 1. The summed E-state index contributed by atoms with van der Waals surface area (Å²) in [5.74, 6) is -0.0975. The van der Waals surface area contributed by atoms with Gasteiger partial charge in [-0.2, -0.15) is 0 Å². The van der Waals surface area contributed by atoms with Crippen LogP contribution < -0.4 is 0 Å². The van der Waals surface area contributed by atoms with Crippen LogP contribution in [0.3, 0.4) is 0 Å². The van der Waals surface area contributed by atoms with Crippen LogP contribution in [0.5, 0.6) is 0 Å². The standard InChI is InChI=1S/C10H19FO3/c1-4-13-10-8(6-12-3)14-5-7(2)9(10)11/h7-10H,4-6H2,1-3H3. The van der Waals surface area contributed by atoms with Gasteiger partial charge >= 0.3 is 0 Å². The van der Waals surface area contributed by atoms with Gasteiger partial charge in [-0.05, 0) is 6.92 Å². The van der Waals surface area contributed by atoms with E-state index >= 15 is 0 Å². The van der Waals surface area contributed by atoms with Gasteiger partial charge in [-0.1, -0.05) is 6.92 Å². The number of hydrogen-bond acceptors (Lipinski definition) is 3. The van der Waals surface area contributed by atoms with E-state index in [0.29, 0.717) is 19.8 Å². The molecule has 1 saturated heterocycles. The molecule has 1 aliphatic rings. The lowest BCUT2D eigenvalue weighted by molar-refractivity contribution is -0.173. The molecule has 0 aliphatic carbocycles. The van der Waals surface area contributed by atoms with Gasteiger partial charge in [0.1, 0.15) is 18.4 Å². The molecule has 84 valence electrons. The molecule has 3 nitrogen and oxygen atoms in total. The van der Waals surface area contributed by atoms with Crippen molar-refractivity contribution in [1.82, 2.24) is 0 Å². The van der Waals surface area contributed by atoms with Crippen LogP contribution in [0.1, 0.15) is 13.8 Å². The molecule has 0 radical (unpaired) electrons. The van der Waals surface area contributed by atoms with E-state index in [0.717, 1.165) is 0 Å². The largest absolute Gasteiger partial charge is 0.382 e. The summed E-state index contributed by atoms with van der Waals surface area (Å²) in [6, 6.07) is 0. The molecular formula is C10H19FO3. The first-order valence-corrected chi connectivity index (χ1v) is 5.06. The van der Waals surface area contributed by atoms with E-state index < -0.39 is 12.3 Å². The van der Waals surface area contributed by atoms with Crippen LogP contribution in [0.25, 0.3) is 0 Å². The third kappa shape index (κ3) is 2.65. The van der Waals surface area contributed by atoms with Crippen LogP contribution in [0.2, 0.25) is 0 Å². The molecule has 0 N–H and O–H groups in total. The predicted octanol–water partition coefficient (Wildman–Crippen LogP) is 1.41. The van der Waals surface area contributed by atoms with Gasteiger partial charge in [-0.25, -0.2) is 4.39 Å². The Balaban J connectivity index is 2.56. The summed E-state index contributed by atoms with van der Waals surface area (Å²) >= 11 is 0. The normalized spacial score (nSPS) is 38.6. The van der Waals surface area contributed by atoms with Gasteiger partial charge in [0.25, 0.3) is 0 Å². The molecule has 4 heteroatoms. The van der Waals surface area contributed by atoms with Crippen LogP contribution in [0.15, 0.2) is 0 Å². The van der Waals surface area contributed by atoms with Gasteiger partial charge in [0, 0.05) is 19.6 Å². The molecule has 0 aromatic carbocycles. The summed E-state index contributed by atoms with van der Waals surface area (Å²) in [6.07, 6.45) is -1.71. The lowest BCUT2D eigenvalue weighted by Crippen LogP contribution is -2.50. The highest BCUT2D eigenvalue weighted by Crippen LogP contribution is 2.25. The number of rotatable bonds is 4. The van der Waals surface area contributed by atoms with Gasteiger partial charge in [0.05, 0.1) is 13.2 Å². The second kappa shape index (κ2) is 5.63. The Bertz CT molecular complexity index is 165. The highest BCUT2D eigenvalue weighted by Gasteiger charge is 2.39. The molecule has 0 amide bonds. The topological polar surface area (TPSA) is 27.7 Å². The first-order valence-electron chi connectivity index (χ1n) is 5.06. The van der Waals surface area contributed by atoms with Crippen LogP contribution in [0, 0.1) is 5.92 Å². The molecular weight excluding hydrogens is 187 g/mol. The van der Waals surface area contributed by atoms with Crippen LogP contribution >= 0.6 is 0 Å². The SMILES string of the molecule is CCOC1C(COC)OCC(C)C1F. The zero-order valence-corrected chi connectivity index (χ0v) is 9.03. The second-order valence-corrected chi connectivity index (χ2v) is 3.67. The molecule has 4 unspecified atom stereocenters. The van der Waals surface area contributed by atoms with Crippen LogP contribution in [0.4, 0.5) is 4.39 Å². The lowest BCUT2D eigenvalue weighted by Gasteiger charge is -2.37. The highest BCUT2D eigenvalue weighted by molar-refractivity contribution is 4.86. The molecule has 4 atom stereocenters. The van der Waals surface area contributed by atoms with Crippen molar-refractivity contribution in [3.05, 3.63) is 0 Å². The van der Waals surface area contributed by atoms with Gasteiger partial charge in [-0.15, -0.1) is 0 Å². The Morgan fingerprint density at radius 2 is 2.21 bits per heavy atom. The molecule has 1 fully saturated rings. The average Bonchev–Trinajstić information content (AvgIpc) is 2.18. The summed E-state index contributed by atoms with van der Waals surface area (Å²) in [4.78, 5) is 0. The Labute approximate surface area is 84.5 Å². The highest BCUT2D eigenvalue weighted by atomic mass is 19.1. The fourth-order valence-corrected chi connectivity index (χ4v) is 1.69. The average molecular weight is 206 g/mol. The molecule has 14 heavy (non-hydrogen) atoms. The molecule has 0 aromatic heterocycles. The minimum atomic E-state index is -0.955. The Kier molecular flexibility index (Phi) is 4.78. The molecule has 0 bridgehead atoms. The minimum Gasteiger partial charge on any atom is -0.382 e. The van der Waals surface area contributed by atoms with Crippen molar-refractivity contribution in [2.45, 2.75) is 32.2 Å². The maximum Gasteiger partial charge on any atom is 0.134 e. The molecule has 0 aromatic rings. The van der Waals surface area contributed by atoms with Gasteiger partial charge in [-0.3, -0.25) is 0 Å². The minimum absolute atomic E-state index is 0.0975. The lowest BCUT2D eigenvalue weighted by atomic mass is 9.95. The second-order valence-electron chi connectivity index (χ2n) is 3.67. The van der Waals surface area contributed by atoms with E-state index in [1.54, 1.807) is 7.11 Å². The summed E-state index contributed by atoms with van der Waals surface area (Å²) < 4.78 is 29.5. The maximum atomic E-state index is 13.7. The smallest absolute Gasteiger partial charge is 0.134 e. The fraction of sp³-hybridized carbons (Fsp3) is 1.00. The van der Waals surface area contributed by atoms with E-state index in [4.69, 9.17) is 14.2 Å². The summed E-state index contributed by atoms with van der Waals surface area (Å²) in [7, 11) is 1.58. The quantitative estimate of drug-likeness (QED) is 0.696. The predicted molar refractivity (Wildman–Crippen MR) is 51.1 cm³/mol. The van der Waals surface area contributed by atoms with E-state index in [-0.39, 0.29) is 12.0 Å². The number of methoxy groups -OCH3 is 1. The first kappa shape index (κ1) is 11.9. The molecule has 0 saturated carbocycles. The van der Waals surface area contributed by atoms with Crippen LogP contribution in [-0.4, -0.2) is 45.3 Å². The molecule has 1 aliphatic heterocycles. The van der Waals surface area contributed by atoms with Crippen molar-refractivity contribution in [2.24, 2.45) is 5.92 Å². The van der Waals surface area contributed by atoms with Gasteiger partial charge < -0.3 is 14.2 Å². The summed E-state index contributed by atoms with van der Waals surface area (Å²) in [5, 5.41) is 0. The van der Waals surface area contributed by atoms with Gasteiger partial charge in [0.15, 0.2) is 0 Å². The summed E-state index contributed by atoms with van der Waals surface area (Å²) in [6.45, 7) is 5.02. The van der Waals surface area contributed by atoms with Crippen molar-refractivity contribution in [3.8, 4) is 0 Å².